The molecular formula is C20H18N4O4S. The van der Waals surface area contributed by atoms with Crippen LogP contribution in [-0.2, 0) is 16.6 Å². The van der Waals surface area contributed by atoms with Gasteiger partial charge in [-0.05, 0) is 35.9 Å². The molecule has 29 heavy (non-hydrogen) atoms. The van der Waals surface area contributed by atoms with Gasteiger partial charge in [-0.1, -0.05) is 30.3 Å². The Hall–Kier alpha value is -3.43. The summed E-state index contributed by atoms with van der Waals surface area (Å²) in [6.45, 7) is 0.158. The number of H-pyrrole nitrogens is 1. The Labute approximate surface area is 167 Å². The topological polar surface area (TPSA) is 110 Å². The van der Waals surface area contributed by atoms with Crippen LogP contribution in [0.2, 0.25) is 0 Å². The summed E-state index contributed by atoms with van der Waals surface area (Å²) in [5, 5.41) is 8.01. The summed E-state index contributed by atoms with van der Waals surface area (Å²) in [4.78, 5) is 2.96. The number of aromatic nitrogens is 3. The smallest absolute Gasteiger partial charge is 0.264 e. The molecular weight excluding hydrogens is 392 g/mol. The maximum Gasteiger partial charge on any atom is 0.264 e. The summed E-state index contributed by atoms with van der Waals surface area (Å²) < 4.78 is 38.5. The largest absolute Gasteiger partial charge is 0.497 e. The van der Waals surface area contributed by atoms with Gasteiger partial charge in [0.25, 0.3) is 5.89 Å². The molecule has 0 aliphatic carbocycles. The van der Waals surface area contributed by atoms with Crippen molar-refractivity contribution < 1.29 is 17.6 Å². The first-order chi connectivity index (χ1) is 14.0. The van der Waals surface area contributed by atoms with E-state index < -0.39 is 10.0 Å². The van der Waals surface area contributed by atoms with E-state index in [2.05, 4.69) is 19.9 Å². The zero-order valence-corrected chi connectivity index (χ0v) is 16.3. The summed E-state index contributed by atoms with van der Waals surface area (Å²) in [5.41, 5.74) is 2.02. The minimum absolute atomic E-state index is 0.0838. The van der Waals surface area contributed by atoms with Crippen LogP contribution < -0.4 is 9.46 Å². The number of rotatable bonds is 7. The summed E-state index contributed by atoms with van der Waals surface area (Å²) in [6, 6.07) is 17.9. The van der Waals surface area contributed by atoms with Crippen molar-refractivity contribution in [2.75, 3.05) is 7.11 Å². The lowest BCUT2D eigenvalue weighted by Crippen LogP contribution is -2.22. The molecule has 0 fully saturated rings. The fraction of sp³-hybridized carbons (Fsp3) is 0.100. The fourth-order valence-electron chi connectivity index (χ4n) is 2.69. The van der Waals surface area contributed by atoms with Crippen LogP contribution >= 0.6 is 0 Å². The summed E-state index contributed by atoms with van der Waals surface area (Å²) in [7, 11) is -2.13. The number of benzene rings is 2. The average Bonchev–Trinajstić information content (AvgIpc) is 3.43. The van der Waals surface area contributed by atoms with Crippen LogP contribution in [-0.4, -0.2) is 30.7 Å². The predicted octanol–water partition coefficient (Wildman–Crippen LogP) is 3.22. The Kier molecular flexibility index (Phi) is 5.15. The van der Waals surface area contributed by atoms with E-state index >= 15 is 0 Å². The fourth-order valence-corrected chi connectivity index (χ4v) is 3.70. The van der Waals surface area contributed by atoms with Gasteiger partial charge in [0, 0.05) is 18.3 Å². The zero-order valence-electron chi connectivity index (χ0n) is 15.5. The summed E-state index contributed by atoms with van der Waals surface area (Å²) >= 11 is 0. The average molecular weight is 410 g/mol. The summed E-state index contributed by atoms with van der Waals surface area (Å²) in [6.07, 6.45) is 1.39. The molecule has 0 unspecified atom stereocenters. The predicted molar refractivity (Wildman–Crippen MR) is 107 cm³/mol. The molecule has 0 atom stereocenters. The van der Waals surface area contributed by atoms with Gasteiger partial charge in [-0.15, -0.1) is 10.2 Å². The van der Waals surface area contributed by atoms with E-state index in [-0.39, 0.29) is 17.3 Å². The molecule has 2 aromatic heterocycles. The SMILES string of the molecule is COc1ccc(CNS(=O)(=O)c2c[nH]c(-c3nnc(-c4ccccc4)o3)c2)cc1. The van der Waals surface area contributed by atoms with E-state index in [1.807, 2.05) is 30.3 Å². The third kappa shape index (κ3) is 4.20. The van der Waals surface area contributed by atoms with E-state index in [9.17, 15) is 8.42 Å². The van der Waals surface area contributed by atoms with Gasteiger partial charge in [-0.25, -0.2) is 13.1 Å². The molecule has 4 aromatic rings. The third-order valence-electron chi connectivity index (χ3n) is 4.27. The van der Waals surface area contributed by atoms with Gasteiger partial charge in [-0.2, -0.15) is 0 Å². The van der Waals surface area contributed by atoms with Crippen LogP contribution in [0.25, 0.3) is 23.0 Å². The van der Waals surface area contributed by atoms with Crippen molar-refractivity contribution in [1.82, 2.24) is 19.9 Å². The van der Waals surface area contributed by atoms with Gasteiger partial charge in [-0.3, -0.25) is 0 Å². The minimum Gasteiger partial charge on any atom is -0.497 e. The van der Waals surface area contributed by atoms with E-state index in [0.717, 1.165) is 11.1 Å². The van der Waals surface area contributed by atoms with Crippen molar-refractivity contribution >= 4 is 10.0 Å². The number of nitrogens with zero attached hydrogens (tertiary/aromatic N) is 2. The Morgan fingerprint density at radius 3 is 2.48 bits per heavy atom. The van der Waals surface area contributed by atoms with E-state index in [1.165, 1.54) is 12.3 Å². The number of hydrogen-bond donors (Lipinski definition) is 2. The molecule has 0 saturated carbocycles. The zero-order chi connectivity index (χ0) is 20.3. The lowest BCUT2D eigenvalue weighted by atomic mass is 10.2. The molecule has 2 aromatic carbocycles. The maximum absolute atomic E-state index is 12.6. The van der Waals surface area contributed by atoms with E-state index in [4.69, 9.17) is 9.15 Å². The van der Waals surface area contributed by atoms with Crippen LogP contribution in [0.15, 0.2) is 76.2 Å². The third-order valence-corrected chi connectivity index (χ3v) is 5.65. The molecule has 0 radical (unpaired) electrons. The highest BCUT2D eigenvalue weighted by Crippen LogP contribution is 2.24. The van der Waals surface area contributed by atoms with Gasteiger partial charge < -0.3 is 14.1 Å². The molecule has 0 aliphatic rings. The first kappa shape index (κ1) is 18.9. The van der Waals surface area contributed by atoms with Crippen molar-refractivity contribution in [3.8, 4) is 28.8 Å². The Morgan fingerprint density at radius 1 is 1.03 bits per heavy atom. The Bertz CT molecular complexity index is 1200. The molecule has 0 amide bonds. The number of methoxy groups -OCH3 is 1. The highest BCUT2D eigenvalue weighted by atomic mass is 32.2. The van der Waals surface area contributed by atoms with Gasteiger partial charge in [0.1, 0.15) is 16.3 Å². The second-order valence-corrected chi connectivity index (χ2v) is 7.97. The summed E-state index contributed by atoms with van der Waals surface area (Å²) in [5.74, 6) is 1.28. The second kappa shape index (κ2) is 7.90. The molecule has 9 heteroatoms. The molecule has 2 N–H and O–H groups in total. The first-order valence-corrected chi connectivity index (χ1v) is 10.2. The molecule has 0 bridgehead atoms. The molecule has 0 saturated heterocycles. The van der Waals surface area contributed by atoms with Gasteiger partial charge in [0.05, 0.1) is 7.11 Å². The lowest BCUT2D eigenvalue weighted by molar-refractivity contribution is 0.414. The minimum atomic E-state index is -3.71. The first-order valence-electron chi connectivity index (χ1n) is 8.75. The van der Waals surface area contributed by atoms with Crippen molar-refractivity contribution in [3.05, 3.63) is 72.4 Å². The highest BCUT2D eigenvalue weighted by Gasteiger charge is 2.19. The van der Waals surface area contributed by atoms with Crippen LogP contribution in [0.1, 0.15) is 5.56 Å². The number of hydrogen-bond acceptors (Lipinski definition) is 6. The molecule has 2 heterocycles. The van der Waals surface area contributed by atoms with E-state index in [0.29, 0.717) is 17.3 Å². The molecule has 4 rings (SSSR count). The number of nitrogens with one attached hydrogen (secondary N) is 2. The molecule has 0 spiro atoms. The number of ether oxygens (including phenoxy) is 1. The number of aromatic amines is 1. The van der Waals surface area contributed by atoms with Gasteiger partial charge >= 0.3 is 0 Å². The standard InChI is InChI=1S/C20H18N4O4S/c1-27-16-9-7-14(8-10-16)12-22-29(25,26)17-11-18(21-13-17)20-24-23-19(28-20)15-5-3-2-4-6-15/h2-11,13,21-22H,12H2,1H3. The molecule has 0 aliphatic heterocycles. The Morgan fingerprint density at radius 2 is 1.76 bits per heavy atom. The number of sulfonamides is 1. The Balaban J connectivity index is 1.48. The van der Waals surface area contributed by atoms with Crippen molar-refractivity contribution in [3.63, 3.8) is 0 Å². The normalized spacial score (nSPS) is 11.5. The van der Waals surface area contributed by atoms with Gasteiger partial charge in [0.2, 0.25) is 15.9 Å². The second-order valence-electron chi connectivity index (χ2n) is 6.20. The van der Waals surface area contributed by atoms with Crippen molar-refractivity contribution in [1.29, 1.82) is 0 Å². The highest BCUT2D eigenvalue weighted by molar-refractivity contribution is 7.89. The van der Waals surface area contributed by atoms with Crippen molar-refractivity contribution in [2.45, 2.75) is 11.4 Å². The maximum atomic E-state index is 12.6. The van der Waals surface area contributed by atoms with Crippen LogP contribution in [0.4, 0.5) is 0 Å². The lowest BCUT2D eigenvalue weighted by Gasteiger charge is -2.06. The van der Waals surface area contributed by atoms with Crippen molar-refractivity contribution in [2.24, 2.45) is 0 Å². The van der Waals surface area contributed by atoms with E-state index in [1.54, 1.807) is 31.4 Å². The van der Waals surface area contributed by atoms with Crippen LogP contribution in [0.5, 0.6) is 5.75 Å². The van der Waals surface area contributed by atoms with Crippen LogP contribution in [0.3, 0.4) is 0 Å². The molecule has 8 nitrogen and oxygen atoms in total. The quantitative estimate of drug-likeness (QED) is 0.484. The monoisotopic (exact) mass is 410 g/mol. The molecule has 148 valence electrons. The van der Waals surface area contributed by atoms with Crippen LogP contribution in [0, 0.1) is 0 Å². The van der Waals surface area contributed by atoms with Gasteiger partial charge in [0.15, 0.2) is 0 Å².